The molecule has 6 heteroatoms. The normalized spacial score (nSPS) is 1.00. The molecule has 0 atom stereocenters. The van der Waals surface area contributed by atoms with Crippen LogP contribution in [0.3, 0.4) is 0 Å². The van der Waals surface area contributed by atoms with Gasteiger partial charge in [-0.15, -0.1) is 0 Å². The molecule has 0 rings (SSSR count). The first-order valence-corrected chi connectivity index (χ1v) is 0.507. The van der Waals surface area contributed by atoms with Gasteiger partial charge in [-0.25, -0.2) is 0 Å². The Morgan fingerprint density at radius 1 is 1.17 bits per heavy atom. The van der Waals surface area contributed by atoms with Gasteiger partial charge in [0.25, 0.3) is 0 Å². The fourth-order valence-corrected chi connectivity index (χ4v) is 0. The topological polar surface area (TPSA) is 20.2 Å². The molecule has 0 saturated heterocycles. The van der Waals surface area contributed by atoms with Crippen molar-refractivity contribution in [2.45, 2.75) is 0 Å². The van der Waals surface area contributed by atoms with Crippen LogP contribution in [-0.4, -0.2) is 65.5 Å². The molecule has 0 bridgehead atoms. The molecule has 0 aromatic rings. The van der Waals surface area contributed by atoms with Crippen LogP contribution in [0.25, 0.3) is 0 Å². The Hall–Kier alpha value is 2.86. The van der Waals surface area contributed by atoms with Gasteiger partial charge in [-0.1, -0.05) is 0 Å². The Morgan fingerprint density at radius 3 is 1.17 bits per heavy atom. The maximum absolute atomic E-state index is 6.47. The number of hydrogen-bond donors (Lipinski definition) is 1. The Morgan fingerprint density at radius 2 is 1.17 bits per heavy atom. The molecule has 0 heterocycles. The summed E-state index contributed by atoms with van der Waals surface area (Å²) in [5, 5.41) is 0. The van der Waals surface area contributed by atoms with Gasteiger partial charge in [-0.05, 0) is 0 Å². The molecule has 0 fully saturated rings. The van der Waals surface area contributed by atoms with Crippen LogP contribution in [0.4, 0.5) is 0 Å². The van der Waals surface area contributed by atoms with E-state index in [4.69, 9.17) is 4.66 Å². The van der Waals surface area contributed by atoms with E-state index in [1.165, 1.54) is 0 Å². The molecule has 0 aliphatic heterocycles. The SMILES string of the molecule is OCl.[Ca+2].[Cl-].[Cl-].[H-].[H-].[Mg+2]. The Kier molecular flexibility index (Phi) is 277. The third kappa shape index (κ3) is 28.8. The van der Waals surface area contributed by atoms with Gasteiger partial charge in [0.05, 0.1) is 11.9 Å². The molecule has 0 unspecified atom stereocenters. The molecular weight excluding hydrogens is 187 g/mol. The second-order valence-electron chi connectivity index (χ2n) is 0. The van der Waals surface area contributed by atoms with Crippen LogP contribution in [0.1, 0.15) is 2.85 Å². The minimum absolute atomic E-state index is 0. The second-order valence-corrected chi connectivity index (χ2v) is 0. The van der Waals surface area contributed by atoms with Crippen molar-refractivity contribution in [1.29, 1.82) is 0 Å². The quantitative estimate of drug-likeness (QED) is 0.376. The fraction of sp³-hybridized carbons (Fsp3) is 0. The summed E-state index contributed by atoms with van der Waals surface area (Å²) >= 11 is 3.64. The first kappa shape index (κ1) is 36.8. The van der Waals surface area contributed by atoms with E-state index in [0.29, 0.717) is 0 Å². The average Bonchev–Trinajstić information content (AvgIpc) is 1.00. The maximum Gasteiger partial charge on any atom is 2.00 e. The average molecular weight is 190 g/mol. The van der Waals surface area contributed by atoms with Gasteiger partial charge >= 0.3 is 60.8 Å². The van der Waals surface area contributed by atoms with E-state index < -0.39 is 0 Å². The van der Waals surface area contributed by atoms with Crippen LogP contribution in [0.5, 0.6) is 0 Å². The third-order valence-corrected chi connectivity index (χ3v) is 0. The standard InChI is InChI=1S/Ca.ClHO.2ClH.Mg.2H/c;1-2;;;;;/h;2H;2*1H;;;/q+2;;;;+2;2*-1/p-2. The molecule has 1 nitrogen and oxygen atoms in total. The van der Waals surface area contributed by atoms with Gasteiger partial charge in [0.15, 0.2) is 0 Å². The first-order valence-electron chi connectivity index (χ1n) is 0.169. The van der Waals surface area contributed by atoms with Crippen LogP contribution >= 0.6 is 11.9 Å². The third-order valence-electron chi connectivity index (χ3n) is 0. The Balaban J connectivity index is -0.000000000333. The minimum atomic E-state index is 0. The van der Waals surface area contributed by atoms with Crippen LogP contribution in [0.15, 0.2) is 0 Å². The number of rotatable bonds is 0. The fourth-order valence-electron chi connectivity index (χ4n) is 0. The molecule has 0 spiro atoms. The molecule has 1 N–H and O–H groups in total. The van der Waals surface area contributed by atoms with E-state index in [-0.39, 0.29) is 88.5 Å². The molecule has 0 aromatic heterocycles. The largest absolute Gasteiger partial charge is 2.00 e. The van der Waals surface area contributed by atoms with Crippen molar-refractivity contribution in [3.8, 4) is 0 Å². The molecule has 6 heavy (non-hydrogen) atoms. The number of halogens is 3. The smallest absolute Gasteiger partial charge is 1.00 e. The van der Waals surface area contributed by atoms with Crippen molar-refractivity contribution in [2.75, 3.05) is 0 Å². The van der Waals surface area contributed by atoms with Crippen molar-refractivity contribution in [3.63, 3.8) is 0 Å². The van der Waals surface area contributed by atoms with Crippen LogP contribution in [0, 0.1) is 0 Å². The molecule has 0 saturated carbocycles. The van der Waals surface area contributed by atoms with E-state index in [0.717, 1.165) is 0 Å². The van der Waals surface area contributed by atoms with Crippen molar-refractivity contribution < 1.29 is 32.3 Å². The van der Waals surface area contributed by atoms with Gasteiger partial charge < -0.3 is 27.7 Å². The van der Waals surface area contributed by atoms with Crippen LogP contribution in [-0.2, 0) is 0 Å². The predicted molar refractivity (Wildman–Crippen MR) is 21.8 cm³/mol. The van der Waals surface area contributed by atoms with E-state index in [1.54, 1.807) is 0 Å². The zero-order valence-corrected chi connectivity index (χ0v) is 8.89. The summed E-state index contributed by atoms with van der Waals surface area (Å²) in [5.74, 6) is 0. The summed E-state index contributed by atoms with van der Waals surface area (Å²) in [4.78, 5) is 0. The summed E-state index contributed by atoms with van der Waals surface area (Å²) in [7, 11) is 0. The molecule has 0 aliphatic rings. The molecule has 0 aliphatic carbocycles. The zero-order chi connectivity index (χ0) is 2.00. The van der Waals surface area contributed by atoms with Crippen LogP contribution in [0.2, 0.25) is 0 Å². The van der Waals surface area contributed by atoms with Gasteiger partial charge in [-0.2, -0.15) is 0 Å². The predicted octanol–water partition coefficient (Wildman–Crippen LogP) is -6.40. The summed E-state index contributed by atoms with van der Waals surface area (Å²) in [5.41, 5.74) is 0. The van der Waals surface area contributed by atoms with Gasteiger partial charge in [-0.3, -0.25) is 4.66 Å². The van der Waals surface area contributed by atoms with Gasteiger partial charge in [0, 0.05) is 0 Å². The first-order chi connectivity index (χ1) is 1.00. The summed E-state index contributed by atoms with van der Waals surface area (Å²) in [6, 6.07) is 0. The van der Waals surface area contributed by atoms with E-state index in [2.05, 4.69) is 11.9 Å². The Labute approximate surface area is 103 Å². The molecule has 34 valence electrons. The monoisotopic (exact) mass is 188 g/mol. The minimum Gasteiger partial charge on any atom is -1.00 e. The van der Waals surface area contributed by atoms with E-state index in [9.17, 15) is 0 Å². The van der Waals surface area contributed by atoms with Crippen molar-refractivity contribution in [1.82, 2.24) is 0 Å². The van der Waals surface area contributed by atoms with Crippen molar-refractivity contribution in [2.24, 2.45) is 0 Å². The second kappa shape index (κ2) is 45.3. The molecule has 0 aromatic carbocycles. The van der Waals surface area contributed by atoms with Gasteiger partial charge in [0.2, 0.25) is 0 Å². The summed E-state index contributed by atoms with van der Waals surface area (Å²) < 4.78 is 6.47. The van der Waals surface area contributed by atoms with Crippen LogP contribution < -0.4 is 24.8 Å². The summed E-state index contributed by atoms with van der Waals surface area (Å²) in [6.07, 6.45) is 0. The summed E-state index contributed by atoms with van der Waals surface area (Å²) in [6.45, 7) is 0. The van der Waals surface area contributed by atoms with Crippen molar-refractivity contribution >= 4 is 72.7 Å². The van der Waals surface area contributed by atoms with E-state index in [1.807, 2.05) is 0 Å². The molecule has 0 radical (unpaired) electrons. The van der Waals surface area contributed by atoms with E-state index >= 15 is 0 Å². The van der Waals surface area contributed by atoms with Gasteiger partial charge in [0.1, 0.15) is 0 Å². The zero-order valence-electron chi connectivity index (χ0n) is 5.00. The Bertz CT molecular complexity index is 17.2. The molecule has 0 amide bonds. The molecular formula is H3CaCl3MgO. The van der Waals surface area contributed by atoms with Crippen molar-refractivity contribution in [3.05, 3.63) is 0 Å². The maximum atomic E-state index is 6.47. The number of hydrogen-bond acceptors (Lipinski definition) is 1.